The highest BCUT2D eigenvalue weighted by Crippen LogP contribution is 2.26. The minimum Gasteiger partial charge on any atom is -0.496 e. The summed E-state index contributed by atoms with van der Waals surface area (Å²) in [7, 11) is 1.59. The van der Waals surface area contributed by atoms with Crippen LogP contribution in [0.25, 0.3) is 0 Å². The number of carbonyl (C=O) groups excluding carboxylic acids is 1. The highest BCUT2D eigenvalue weighted by atomic mass is 79.9. The summed E-state index contributed by atoms with van der Waals surface area (Å²) in [5, 5.41) is 0. The molecule has 0 saturated heterocycles. The van der Waals surface area contributed by atoms with Crippen molar-refractivity contribution in [2.75, 3.05) is 12.8 Å². The van der Waals surface area contributed by atoms with Crippen LogP contribution in [0.2, 0.25) is 0 Å². The summed E-state index contributed by atoms with van der Waals surface area (Å²) in [5.74, 6) is 0.656. The molecule has 0 spiro atoms. The summed E-state index contributed by atoms with van der Waals surface area (Å²) in [6.45, 7) is 0. The first kappa shape index (κ1) is 15.1. The van der Waals surface area contributed by atoms with Crippen LogP contribution in [-0.2, 0) is 6.42 Å². The molecule has 20 heavy (non-hydrogen) atoms. The van der Waals surface area contributed by atoms with Gasteiger partial charge in [0.05, 0.1) is 7.11 Å². The number of ether oxygens (including phenoxy) is 1. The number of ketones is 1. The van der Waals surface area contributed by atoms with E-state index in [1.165, 1.54) is 0 Å². The summed E-state index contributed by atoms with van der Waals surface area (Å²) in [4.78, 5) is 12.4. The third kappa shape index (κ3) is 3.41. The second-order valence-electron chi connectivity index (χ2n) is 4.29. The van der Waals surface area contributed by atoms with Crippen molar-refractivity contribution in [3.63, 3.8) is 0 Å². The van der Waals surface area contributed by atoms with Crippen molar-refractivity contribution in [1.82, 2.24) is 0 Å². The van der Waals surface area contributed by atoms with Crippen molar-refractivity contribution in [2.24, 2.45) is 0 Å². The normalized spacial score (nSPS) is 10.3. The summed E-state index contributed by atoms with van der Waals surface area (Å²) in [6.07, 6.45) is 0.244. The second-order valence-corrected chi connectivity index (χ2v) is 6.12. The molecule has 104 valence electrons. The maximum atomic E-state index is 12.4. The number of hydrogen-bond acceptors (Lipinski definition) is 3. The molecule has 0 heterocycles. The van der Waals surface area contributed by atoms with Crippen LogP contribution in [0.4, 0.5) is 5.69 Å². The lowest BCUT2D eigenvalue weighted by atomic mass is 10.0. The third-order valence-electron chi connectivity index (χ3n) is 2.91. The molecule has 2 N–H and O–H groups in total. The largest absolute Gasteiger partial charge is 0.496 e. The molecule has 0 aliphatic carbocycles. The van der Waals surface area contributed by atoms with E-state index in [0.29, 0.717) is 17.0 Å². The Kier molecular flexibility index (Phi) is 4.83. The standard InChI is InChI=1S/C15H13Br2NO2/c1-20-15-5-3-10(16)6-9(15)7-14(19)12-4-2-11(17)8-13(12)18/h2-6,8H,7,18H2,1H3. The Morgan fingerprint density at radius 2 is 1.80 bits per heavy atom. The molecule has 0 fully saturated rings. The maximum Gasteiger partial charge on any atom is 0.169 e. The molecule has 2 aromatic rings. The Labute approximate surface area is 134 Å². The molecule has 0 aromatic heterocycles. The molecule has 2 aromatic carbocycles. The predicted octanol–water partition coefficient (Wildman–Crippen LogP) is 4.23. The lowest BCUT2D eigenvalue weighted by Crippen LogP contribution is -2.08. The van der Waals surface area contributed by atoms with Crippen LogP contribution < -0.4 is 10.5 Å². The molecule has 0 amide bonds. The van der Waals surface area contributed by atoms with Gasteiger partial charge in [-0.05, 0) is 36.4 Å². The van der Waals surface area contributed by atoms with Crippen molar-refractivity contribution in [2.45, 2.75) is 6.42 Å². The van der Waals surface area contributed by atoms with Crippen LogP contribution in [0.5, 0.6) is 5.75 Å². The van der Waals surface area contributed by atoms with Gasteiger partial charge in [0.15, 0.2) is 5.78 Å². The number of nitrogen functional groups attached to an aromatic ring is 1. The molecule has 0 saturated carbocycles. The summed E-state index contributed by atoms with van der Waals surface area (Å²) < 4.78 is 7.04. The number of halogens is 2. The van der Waals surface area contributed by atoms with Gasteiger partial charge in [-0.3, -0.25) is 4.79 Å². The zero-order valence-corrected chi connectivity index (χ0v) is 14.0. The molecule has 0 atom stereocenters. The Balaban J connectivity index is 2.30. The van der Waals surface area contributed by atoms with Gasteiger partial charge in [0.25, 0.3) is 0 Å². The smallest absolute Gasteiger partial charge is 0.169 e. The van der Waals surface area contributed by atoms with E-state index in [2.05, 4.69) is 31.9 Å². The number of hydrogen-bond donors (Lipinski definition) is 1. The van der Waals surface area contributed by atoms with Gasteiger partial charge in [-0.1, -0.05) is 31.9 Å². The van der Waals surface area contributed by atoms with Gasteiger partial charge in [-0.2, -0.15) is 0 Å². The molecule has 5 heteroatoms. The summed E-state index contributed by atoms with van der Waals surface area (Å²) >= 11 is 6.72. The van der Waals surface area contributed by atoms with Crippen LogP contribution in [0.1, 0.15) is 15.9 Å². The maximum absolute atomic E-state index is 12.4. The second kappa shape index (κ2) is 6.41. The highest BCUT2D eigenvalue weighted by molar-refractivity contribution is 9.10. The van der Waals surface area contributed by atoms with Gasteiger partial charge in [0.2, 0.25) is 0 Å². The van der Waals surface area contributed by atoms with Crippen LogP contribution >= 0.6 is 31.9 Å². The van der Waals surface area contributed by atoms with Crippen molar-refractivity contribution in [3.8, 4) is 5.75 Å². The molecule has 0 bridgehead atoms. The average Bonchev–Trinajstić information content (AvgIpc) is 2.38. The van der Waals surface area contributed by atoms with Gasteiger partial charge in [-0.25, -0.2) is 0 Å². The average molecular weight is 399 g/mol. The van der Waals surface area contributed by atoms with Gasteiger partial charge < -0.3 is 10.5 Å². The molecule has 0 radical (unpaired) electrons. The van der Waals surface area contributed by atoms with E-state index in [0.717, 1.165) is 14.5 Å². The van der Waals surface area contributed by atoms with E-state index in [-0.39, 0.29) is 12.2 Å². The molecular weight excluding hydrogens is 386 g/mol. The lowest BCUT2D eigenvalue weighted by Gasteiger charge is -2.10. The van der Waals surface area contributed by atoms with Crippen molar-refractivity contribution >= 4 is 43.3 Å². The first-order valence-corrected chi connectivity index (χ1v) is 7.50. The molecule has 0 aliphatic rings. The SMILES string of the molecule is COc1ccc(Br)cc1CC(=O)c1ccc(Br)cc1N. The predicted molar refractivity (Wildman–Crippen MR) is 87.3 cm³/mol. The fourth-order valence-corrected chi connectivity index (χ4v) is 2.73. The minimum absolute atomic E-state index is 0.0357. The van der Waals surface area contributed by atoms with Crippen molar-refractivity contribution in [1.29, 1.82) is 0 Å². The van der Waals surface area contributed by atoms with Gasteiger partial charge in [-0.15, -0.1) is 0 Å². The fourth-order valence-electron chi connectivity index (χ4n) is 1.94. The van der Waals surface area contributed by atoms with Gasteiger partial charge >= 0.3 is 0 Å². The van der Waals surface area contributed by atoms with E-state index in [4.69, 9.17) is 10.5 Å². The van der Waals surface area contributed by atoms with E-state index in [9.17, 15) is 4.79 Å². The van der Waals surface area contributed by atoms with Crippen LogP contribution in [0.3, 0.4) is 0 Å². The first-order valence-electron chi connectivity index (χ1n) is 5.92. The quantitative estimate of drug-likeness (QED) is 0.619. The molecule has 2 rings (SSSR count). The molecule has 3 nitrogen and oxygen atoms in total. The van der Waals surface area contributed by atoms with Gasteiger partial charge in [0.1, 0.15) is 5.75 Å². The molecular formula is C15H13Br2NO2. The Hall–Kier alpha value is -1.33. The number of methoxy groups -OCH3 is 1. The molecule has 0 aliphatic heterocycles. The van der Waals surface area contributed by atoms with E-state index >= 15 is 0 Å². The Morgan fingerprint density at radius 3 is 2.45 bits per heavy atom. The number of nitrogens with two attached hydrogens (primary N) is 1. The number of anilines is 1. The lowest BCUT2D eigenvalue weighted by molar-refractivity contribution is 0.0993. The first-order chi connectivity index (χ1) is 9.51. The van der Waals surface area contributed by atoms with E-state index in [1.54, 1.807) is 19.2 Å². The zero-order chi connectivity index (χ0) is 14.7. The number of benzene rings is 2. The zero-order valence-electron chi connectivity index (χ0n) is 10.8. The van der Waals surface area contributed by atoms with E-state index in [1.807, 2.05) is 24.3 Å². The van der Waals surface area contributed by atoms with Crippen molar-refractivity contribution in [3.05, 3.63) is 56.5 Å². The summed E-state index contributed by atoms with van der Waals surface area (Å²) in [5.41, 5.74) is 7.71. The van der Waals surface area contributed by atoms with Crippen LogP contribution in [0, 0.1) is 0 Å². The van der Waals surface area contributed by atoms with Crippen molar-refractivity contribution < 1.29 is 9.53 Å². The Morgan fingerprint density at radius 1 is 1.15 bits per heavy atom. The number of carbonyl (C=O) groups is 1. The van der Waals surface area contributed by atoms with Crippen LogP contribution in [0.15, 0.2) is 45.3 Å². The molecule has 0 unspecified atom stereocenters. The van der Waals surface area contributed by atoms with Crippen LogP contribution in [-0.4, -0.2) is 12.9 Å². The van der Waals surface area contributed by atoms with Gasteiger partial charge in [0, 0.05) is 32.2 Å². The fraction of sp³-hybridized carbons (Fsp3) is 0.133. The van der Waals surface area contributed by atoms with E-state index < -0.39 is 0 Å². The highest BCUT2D eigenvalue weighted by Gasteiger charge is 2.14. The number of Topliss-reactive ketones (excluding diaryl/α,β-unsaturated/α-hetero) is 1. The Bertz CT molecular complexity index is 656. The summed E-state index contributed by atoms with van der Waals surface area (Å²) in [6, 6.07) is 10.9. The monoisotopic (exact) mass is 397 g/mol. The third-order valence-corrected chi connectivity index (χ3v) is 3.89. The minimum atomic E-state index is -0.0357. The number of rotatable bonds is 4. The topological polar surface area (TPSA) is 52.3 Å².